The number of benzene rings is 1. The van der Waals surface area contributed by atoms with Crippen molar-refractivity contribution in [2.45, 2.75) is 48.8 Å². The molecule has 1 aromatic heterocycles. The third-order valence-corrected chi connectivity index (χ3v) is 9.89. The fraction of sp³-hybridized carbons (Fsp3) is 0.476. The maximum Gasteiger partial charge on any atom is 0.275 e. The number of nitrogens with one attached hydrogen (secondary N) is 2. The second kappa shape index (κ2) is 9.02. The number of rotatable bonds is 7. The molecule has 0 bridgehead atoms. The van der Waals surface area contributed by atoms with Crippen molar-refractivity contribution < 1.29 is 30.4 Å². The van der Waals surface area contributed by atoms with Crippen molar-refractivity contribution in [2.24, 2.45) is 7.05 Å². The molecular formula is C21H26F2N4O5S2. The van der Waals surface area contributed by atoms with E-state index in [-0.39, 0.29) is 17.8 Å². The van der Waals surface area contributed by atoms with Gasteiger partial charge in [0.15, 0.2) is 5.82 Å². The number of nitrogens with zero attached hydrogens (tertiary/aromatic N) is 2. The van der Waals surface area contributed by atoms with Gasteiger partial charge >= 0.3 is 0 Å². The van der Waals surface area contributed by atoms with E-state index in [1.54, 1.807) is 0 Å². The van der Waals surface area contributed by atoms with E-state index in [9.17, 15) is 26.0 Å². The van der Waals surface area contributed by atoms with Crippen molar-refractivity contribution in [1.82, 2.24) is 13.6 Å². The number of hydrogen-bond donors (Lipinski definition) is 2. The minimum Gasteiger partial charge on any atom is -0.343 e. The molecule has 2 aromatic rings. The Morgan fingerprint density at radius 1 is 1.12 bits per heavy atom. The number of piperidine rings is 1. The topological polar surface area (TPSA) is 118 Å². The zero-order chi connectivity index (χ0) is 24.8. The lowest BCUT2D eigenvalue weighted by Crippen LogP contribution is -2.50. The van der Waals surface area contributed by atoms with Crippen molar-refractivity contribution in [3.63, 3.8) is 0 Å². The fourth-order valence-electron chi connectivity index (χ4n) is 4.06. The predicted molar refractivity (Wildman–Crippen MR) is 121 cm³/mol. The summed E-state index contributed by atoms with van der Waals surface area (Å²) in [6.45, 7) is 1.81. The average molecular weight is 517 g/mol. The maximum atomic E-state index is 15.2. The Balaban J connectivity index is 1.51. The third kappa shape index (κ3) is 4.88. The molecule has 4 rings (SSSR count). The Hall–Kier alpha value is -2.35. The summed E-state index contributed by atoms with van der Waals surface area (Å²) in [5, 5.41) is 2.04. The smallest absolute Gasteiger partial charge is 0.275 e. The first kappa shape index (κ1) is 24.8. The Bertz CT molecular complexity index is 1340. The number of hydrogen-bond acceptors (Lipinski definition) is 5. The lowest BCUT2D eigenvalue weighted by atomic mass is 10.1. The minimum absolute atomic E-state index is 0.0240. The molecule has 34 heavy (non-hydrogen) atoms. The predicted octanol–water partition coefficient (Wildman–Crippen LogP) is 2.10. The summed E-state index contributed by atoms with van der Waals surface area (Å²) in [6, 6.07) is 3.12. The van der Waals surface area contributed by atoms with Crippen LogP contribution in [0.4, 0.5) is 14.5 Å². The molecule has 2 fully saturated rings. The molecule has 2 heterocycles. The maximum absolute atomic E-state index is 15.2. The van der Waals surface area contributed by atoms with E-state index in [0.717, 1.165) is 16.8 Å². The highest BCUT2D eigenvalue weighted by Gasteiger charge is 2.42. The molecule has 1 aliphatic carbocycles. The van der Waals surface area contributed by atoms with Crippen LogP contribution in [0.15, 0.2) is 29.3 Å². The third-order valence-electron chi connectivity index (χ3n) is 6.02. The summed E-state index contributed by atoms with van der Waals surface area (Å²) in [5.41, 5.74) is -0.00187. The van der Waals surface area contributed by atoms with Crippen LogP contribution in [0.25, 0.3) is 0 Å². The lowest BCUT2D eigenvalue weighted by molar-refractivity contribution is 0.101. The normalized spacial score (nSPS) is 19.8. The number of carbonyl (C=O) groups excluding carboxylic acids is 1. The van der Waals surface area contributed by atoms with Gasteiger partial charge in [-0.1, -0.05) is 0 Å². The zero-order valence-corrected chi connectivity index (χ0v) is 20.3. The van der Waals surface area contributed by atoms with Gasteiger partial charge < -0.3 is 9.88 Å². The highest BCUT2D eigenvalue weighted by molar-refractivity contribution is 7.90. The Morgan fingerprint density at radius 3 is 2.47 bits per heavy atom. The van der Waals surface area contributed by atoms with E-state index in [0.29, 0.717) is 32.2 Å². The molecule has 1 aliphatic heterocycles. The SMILES string of the molecule is Cc1cc(NC(=O)c2c(F)c(S(=O)(=O)N[C@@H]3CCCN(S(=O)(=O)C4CC4)C3)cn2C)ccc1F. The molecular weight excluding hydrogens is 490 g/mol. The summed E-state index contributed by atoms with van der Waals surface area (Å²) in [6.07, 6.45) is 3.08. The number of sulfonamides is 2. The van der Waals surface area contributed by atoms with E-state index in [2.05, 4.69) is 10.0 Å². The van der Waals surface area contributed by atoms with Crippen LogP contribution in [0, 0.1) is 18.6 Å². The Labute approximate surface area is 197 Å². The Kier molecular flexibility index (Phi) is 6.57. The number of anilines is 1. The van der Waals surface area contributed by atoms with Crippen molar-refractivity contribution in [3.8, 4) is 0 Å². The molecule has 2 aliphatic rings. The van der Waals surface area contributed by atoms with E-state index in [1.807, 2.05) is 0 Å². The van der Waals surface area contributed by atoms with Crippen LogP contribution >= 0.6 is 0 Å². The summed E-state index contributed by atoms with van der Waals surface area (Å²) in [5.74, 6) is -2.59. The minimum atomic E-state index is -4.38. The molecule has 1 amide bonds. The molecule has 0 unspecified atom stereocenters. The van der Waals surface area contributed by atoms with Crippen molar-refractivity contribution in [2.75, 3.05) is 18.4 Å². The zero-order valence-electron chi connectivity index (χ0n) is 18.7. The van der Waals surface area contributed by atoms with Gasteiger partial charge in [-0.25, -0.2) is 34.6 Å². The number of carbonyl (C=O) groups is 1. The van der Waals surface area contributed by atoms with Gasteiger partial charge in [0.25, 0.3) is 5.91 Å². The first-order valence-electron chi connectivity index (χ1n) is 10.8. The van der Waals surface area contributed by atoms with Gasteiger partial charge in [0, 0.05) is 38.1 Å². The van der Waals surface area contributed by atoms with Crippen molar-refractivity contribution >= 4 is 31.6 Å². The molecule has 13 heteroatoms. The largest absolute Gasteiger partial charge is 0.343 e. The average Bonchev–Trinajstić information content (AvgIpc) is 3.56. The van der Waals surface area contributed by atoms with Crippen LogP contribution in [0.2, 0.25) is 0 Å². The summed E-state index contributed by atoms with van der Waals surface area (Å²) < 4.78 is 84.3. The molecule has 1 saturated carbocycles. The van der Waals surface area contributed by atoms with E-state index in [4.69, 9.17) is 0 Å². The summed E-state index contributed by atoms with van der Waals surface area (Å²) in [4.78, 5) is 11.9. The second-order valence-electron chi connectivity index (χ2n) is 8.75. The Morgan fingerprint density at radius 2 is 1.82 bits per heavy atom. The van der Waals surface area contributed by atoms with Gasteiger partial charge in [-0.2, -0.15) is 0 Å². The lowest BCUT2D eigenvalue weighted by Gasteiger charge is -2.32. The van der Waals surface area contributed by atoms with E-state index in [1.165, 1.54) is 30.4 Å². The molecule has 2 N–H and O–H groups in total. The molecule has 1 saturated heterocycles. The monoisotopic (exact) mass is 516 g/mol. The van der Waals surface area contributed by atoms with Crippen molar-refractivity contribution in [1.29, 1.82) is 0 Å². The van der Waals surface area contributed by atoms with Gasteiger partial charge in [-0.3, -0.25) is 4.79 Å². The standard InChI is InChI=1S/C21H26F2N4O5S2/c1-13-10-14(5-8-17(13)22)24-21(28)20-19(23)18(12-26(20)2)33(29,30)25-15-4-3-9-27(11-15)34(31,32)16-6-7-16/h5,8,10,12,15-16,25H,3-4,6-7,9,11H2,1-2H3,(H,24,28)/t15-/m1/s1. The molecule has 9 nitrogen and oxygen atoms in total. The van der Waals surface area contributed by atoms with Gasteiger partial charge in [0.1, 0.15) is 16.4 Å². The van der Waals surface area contributed by atoms with Gasteiger partial charge in [-0.05, 0) is 56.4 Å². The second-order valence-corrected chi connectivity index (χ2v) is 12.6. The highest BCUT2D eigenvalue weighted by atomic mass is 32.2. The van der Waals surface area contributed by atoms with Crippen LogP contribution in [0.3, 0.4) is 0 Å². The van der Waals surface area contributed by atoms with Gasteiger partial charge in [0.2, 0.25) is 20.0 Å². The first-order valence-corrected chi connectivity index (χ1v) is 13.8. The van der Waals surface area contributed by atoms with Crippen LogP contribution < -0.4 is 10.0 Å². The highest BCUT2D eigenvalue weighted by Crippen LogP contribution is 2.32. The molecule has 0 radical (unpaired) electrons. The fourth-order valence-corrected chi connectivity index (χ4v) is 7.37. The van der Waals surface area contributed by atoms with E-state index >= 15 is 4.39 Å². The number of aryl methyl sites for hydroxylation is 2. The number of halogens is 2. The van der Waals surface area contributed by atoms with Gasteiger partial charge in [-0.15, -0.1) is 0 Å². The van der Waals surface area contributed by atoms with Crippen LogP contribution in [-0.2, 0) is 27.1 Å². The van der Waals surface area contributed by atoms with Crippen LogP contribution in [0.5, 0.6) is 0 Å². The summed E-state index contributed by atoms with van der Waals surface area (Å²) >= 11 is 0. The summed E-state index contributed by atoms with van der Waals surface area (Å²) in [7, 11) is -6.51. The quantitative estimate of drug-likeness (QED) is 0.585. The molecule has 0 spiro atoms. The van der Waals surface area contributed by atoms with Crippen LogP contribution in [0.1, 0.15) is 41.7 Å². The number of amides is 1. The number of aromatic nitrogens is 1. The first-order chi connectivity index (χ1) is 15.9. The van der Waals surface area contributed by atoms with Crippen LogP contribution in [-0.4, -0.2) is 56.0 Å². The van der Waals surface area contributed by atoms with E-state index < -0.39 is 59.5 Å². The van der Waals surface area contributed by atoms with Gasteiger partial charge in [0.05, 0.1) is 5.25 Å². The van der Waals surface area contributed by atoms with Crippen molar-refractivity contribution in [3.05, 3.63) is 47.3 Å². The molecule has 186 valence electrons. The molecule has 1 atom stereocenters. The molecule has 1 aromatic carbocycles.